The van der Waals surface area contributed by atoms with Gasteiger partial charge in [-0.15, -0.1) is 0 Å². The average molecular weight is 278 g/mol. The van der Waals surface area contributed by atoms with Crippen LogP contribution in [0.25, 0.3) is 0 Å². The van der Waals surface area contributed by atoms with Crippen LogP contribution < -0.4 is 5.32 Å². The highest BCUT2D eigenvalue weighted by Gasteiger charge is 2.24. The highest BCUT2D eigenvalue weighted by atomic mass is 19.1. The molecule has 1 fully saturated rings. The van der Waals surface area contributed by atoms with Gasteiger partial charge >= 0.3 is 0 Å². The normalized spacial score (nSPS) is 23.9. The van der Waals surface area contributed by atoms with Crippen molar-refractivity contribution in [2.45, 2.75) is 39.2 Å². The van der Waals surface area contributed by atoms with E-state index in [1.165, 1.54) is 31.5 Å². The maximum Gasteiger partial charge on any atom is 0.123 e. The molecule has 2 atom stereocenters. The van der Waals surface area contributed by atoms with Crippen LogP contribution in [0.2, 0.25) is 0 Å². The Balaban J connectivity index is 1.74. The summed E-state index contributed by atoms with van der Waals surface area (Å²) in [5, 5.41) is 3.65. The van der Waals surface area contributed by atoms with Gasteiger partial charge in [-0.25, -0.2) is 4.39 Å². The van der Waals surface area contributed by atoms with Crippen molar-refractivity contribution in [3.63, 3.8) is 0 Å². The summed E-state index contributed by atoms with van der Waals surface area (Å²) in [5.74, 6) is 0.564. The van der Waals surface area contributed by atoms with Gasteiger partial charge < -0.3 is 10.2 Å². The van der Waals surface area contributed by atoms with E-state index in [1.807, 2.05) is 12.1 Å². The first-order valence-corrected chi connectivity index (χ1v) is 7.89. The van der Waals surface area contributed by atoms with Crippen LogP contribution in [0.3, 0.4) is 0 Å². The lowest BCUT2D eigenvalue weighted by Gasteiger charge is -2.37. The molecule has 0 bridgehead atoms. The van der Waals surface area contributed by atoms with Crippen LogP contribution in [0.5, 0.6) is 0 Å². The number of benzene rings is 1. The predicted molar refractivity (Wildman–Crippen MR) is 82.4 cm³/mol. The molecule has 1 heterocycles. The van der Waals surface area contributed by atoms with Gasteiger partial charge in [0.2, 0.25) is 0 Å². The van der Waals surface area contributed by atoms with Gasteiger partial charge in [0.05, 0.1) is 0 Å². The number of hydrogen-bond donors (Lipinski definition) is 1. The van der Waals surface area contributed by atoms with E-state index >= 15 is 0 Å². The fourth-order valence-electron chi connectivity index (χ4n) is 3.01. The van der Waals surface area contributed by atoms with E-state index in [9.17, 15) is 4.39 Å². The molecule has 20 heavy (non-hydrogen) atoms. The molecule has 2 rings (SSSR count). The molecule has 0 saturated carbocycles. The van der Waals surface area contributed by atoms with Gasteiger partial charge in [0, 0.05) is 19.1 Å². The zero-order chi connectivity index (χ0) is 14.4. The maximum atomic E-state index is 12.9. The van der Waals surface area contributed by atoms with Crippen molar-refractivity contribution < 1.29 is 4.39 Å². The minimum atomic E-state index is -0.148. The van der Waals surface area contributed by atoms with Gasteiger partial charge in [0.25, 0.3) is 0 Å². The van der Waals surface area contributed by atoms with Crippen LogP contribution in [0, 0.1) is 11.7 Å². The Morgan fingerprint density at radius 3 is 2.70 bits per heavy atom. The summed E-state index contributed by atoms with van der Waals surface area (Å²) < 4.78 is 12.9. The molecule has 1 N–H and O–H groups in total. The molecule has 1 aliphatic rings. The molecule has 112 valence electrons. The van der Waals surface area contributed by atoms with E-state index in [4.69, 9.17) is 0 Å². The molecule has 2 nitrogen and oxygen atoms in total. The second-order valence-electron chi connectivity index (χ2n) is 6.00. The first kappa shape index (κ1) is 15.5. The zero-order valence-corrected chi connectivity index (χ0v) is 12.7. The fraction of sp³-hybridized carbons (Fsp3) is 0.647. The third kappa shape index (κ3) is 4.57. The largest absolute Gasteiger partial charge is 0.314 e. The number of hydrogen-bond acceptors (Lipinski definition) is 2. The highest BCUT2D eigenvalue weighted by molar-refractivity contribution is 5.16. The van der Waals surface area contributed by atoms with E-state index in [0.29, 0.717) is 12.0 Å². The van der Waals surface area contributed by atoms with Crippen molar-refractivity contribution in [1.29, 1.82) is 0 Å². The summed E-state index contributed by atoms with van der Waals surface area (Å²) in [4.78, 5) is 2.54. The van der Waals surface area contributed by atoms with E-state index in [0.717, 1.165) is 19.5 Å². The van der Waals surface area contributed by atoms with Crippen molar-refractivity contribution in [3.05, 3.63) is 35.6 Å². The topological polar surface area (TPSA) is 15.3 Å². The van der Waals surface area contributed by atoms with E-state index in [1.54, 1.807) is 12.1 Å². The average Bonchev–Trinajstić information content (AvgIpc) is 2.46. The molecular weight excluding hydrogens is 251 g/mol. The van der Waals surface area contributed by atoms with Gasteiger partial charge in [-0.2, -0.15) is 0 Å². The maximum absolute atomic E-state index is 12.9. The molecule has 0 aromatic heterocycles. The van der Waals surface area contributed by atoms with Gasteiger partial charge in [-0.3, -0.25) is 0 Å². The standard InChI is InChI=1S/C17H27FN2/c1-3-10-19-17-9-12-20(13-14(17)2)11-8-15-4-6-16(18)7-5-15/h4-7,14,17,19H,3,8-13H2,1-2H3. The first-order valence-electron chi connectivity index (χ1n) is 7.89. The van der Waals surface area contributed by atoms with Crippen LogP contribution in [-0.4, -0.2) is 37.1 Å². The fourth-order valence-corrected chi connectivity index (χ4v) is 3.01. The summed E-state index contributed by atoms with van der Waals surface area (Å²) in [7, 11) is 0. The van der Waals surface area contributed by atoms with Gasteiger partial charge in [-0.05, 0) is 56.0 Å². The van der Waals surface area contributed by atoms with Gasteiger partial charge in [-0.1, -0.05) is 26.0 Å². The second-order valence-corrected chi connectivity index (χ2v) is 6.00. The Labute approximate surface area is 122 Å². The lowest BCUT2D eigenvalue weighted by Crippen LogP contribution is -2.48. The van der Waals surface area contributed by atoms with Crippen molar-refractivity contribution in [1.82, 2.24) is 10.2 Å². The Hall–Kier alpha value is -0.930. The predicted octanol–water partition coefficient (Wildman–Crippen LogP) is 3.08. The number of nitrogens with one attached hydrogen (secondary N) is 1. The van der Waals surface area contributed by atoms with Crippen LogP contribution >= 0.6 is 0 Å². The number of piperidine rings is 1. The summed E-state index contributed by atoms with van der Waals surface area (Å²) >= 11 is 0. The van der Waals surface area contributed by atoms with Gasteiger partial charge in [0.1, 0.15) is 5.82 Å². The highest BCUT2D eigenvalue weighted by Crippen LogP contribution is 2.17. The molecule has 2 unspecified atom stereocenters. The molecule has 1 aromatic rings. The summed E-state index contributed by atoms with van der Waals surface area (Å²) in [6.07, 6.45) is 3.46. The van der Waals surface area contributed by atoms with Crippen molar-refractivity contribution >= 4 is 0 Å². The van der Waals surface area contributed by atoms with Crippen molar-refractivity contribution in [3.8, 4) is 0 Å². The quantitative estimate of drug-likeness (QED) is 0.860. The van der Waals surface area contributed by atoms with E-state index < -0.39 is 0 Å². The monoisotopic (exact) mass is 278 g/mol. The number of nitrogens with zero attached hydrogens (tertiary/aromatic N) is 1. The molecule has 0 amide bonds. The van der Waals surface area contributed by atoms with Crippen LogP contribution in [-0.2, 0) is 6.42 Å². The Kier molecular flexibility index (Phi) is 5.99. The SMILES string of the molecule is CCCNC1CCN(CCc2ccc(F)cc2)CC1C. The van der Waals surface area contributed by atoms with Gasteiger partial charge in [0.15, 0.2) is 0 Å². The molecule has 3 heteroatoms. The van der Waals surface area contributed by atoms with E-state index in [2.05, 4.69) is 24.1 Å². The summed E-state index contributed by atoms with van der Waals surface area (Å²) in [6.45, 7) is 9.11. The number of likely N-dealkylation sites (tertiary alicyclic amines) is 1. The lowest BCUT2D eigenvalue weighted by molar-refractivity contribution is 0.149. The molecule has 1 saturated heterocycles. The first-order chi connectivity index (χ1) is 9.69. The zero-order valence-electron chi connectivity index (χ0n) is 12.7. The molecule has 0 aliphatic carbocycles. The van der Waals surface area contributed by atoms with Crippen LogP contribution in [0.15, 0.2) is 24.3 Å². The lowest BCUT2D eigenvalue weighted by atomic mass is 9.93. The molecule has 0 spiro atoms. The third-order valence-corrected chi connectivity index (χ3v) is 4.28. The Bertz CT molecular complexity index is 390. The van der Waals surface area contributed by atoms with E-state index in [-0.39, 0.29) is 5.82 Å². The molecule has 1 aliphatic heterocycles. The Morgan fingerprint density at radius 2 is 2.05 bits per heavy atom. The summed E-state index contributed by atoms with van der Waals surface area (Å²) in [6, 6.07) is 7.58. The number of rotatable bonds is 6. The third-order valence-electron chi connectivity index (χ3n) is 4.28. The van der Waals surface area contributed by atoms with Crippen LogP contribution in [0.1, 0.15) is 32.3 Å². The van der Waals surface area contributed by atoms with Crippen molar-refractivity contribution in [2.24, 2.45) is 5.92 Å². The van der Waals surface area contributed by atoms with Crippen molar-refractivity contribution in [2.75, 3.05) is 26.2 Å². The molecule has 0 radical (unpaired) electrons. The number of halogens is 1. The minimum Gasteiger partial charge on any atom is -0.314 e. The Morgan fingerprint density at radius 1 is 1.30 bits per heavy atom. The minimum absolute atomic E-state index is 0.148. The smallest absolute Gasteiger partial charge is 0.123 e. The molecular formula is C17H27FN2. The molecule has 1 aromatic carbocycles. The van der Waals surface area contributed by atoms with Crippen LogP contribution in [0.4, 0.5) is 4.39 Å². The second kappa shape index (κ2) is 7.75. The summed E-state index contributed by atoms with van der Waals surface area (Å²) in [5.41, 5.74) is 1.23.